The standard InChI is InChI=1S/C2HClN2O/c3-2-4-1-5-6-2/h2H. The summed E-state index contributed by atoms with van der Waals surface area (Å²) >= 11 is 5.17. The van der Waals surface area contributed by atoms with Crippen molar-refractivity contribution >= 4 is 17.9 Å². The molecule has 2 radical (unpaired) electrons. The molecule has 0 saturated carbocycles. The molecule has 1 heterocycles. The summed E-state index contributed by atoms with van der Waals surface area (Å²) in [6.45, 7) is 0. The van der Waals surface area contributed by atoms with Crippen LogP contribution in [0, 0.1) is 0 Å². The number of halogens is 1. The van der Waals surface area contributed by atoms with Gasteiger partial charge in [0.15, 0.2) is 0 Å². The first kappa shape index (κ1) is 3.74. The normalized spacial score (nSPS) is 29.2. The lowest BCUT2D eigenvalue weighted by molar-refractivity contribution is 0.131. The highest BCUT2D eigenvalue weighted by molar-refractivity contribution is 6.20. The van der Waals surface area contributed by atoms with Crippen LogP contribution in [0.5, 0.6) is 0 Å². The van der Waals surface area contributed by atoms with Gasteiger partial charge >= 0.3 is 0 Å². The van der Waals surface area contributed by atoms with Gasteiger partial charge in [-0.3, -0.25) is 0 Å². The Morgan fingerprint density at radius 1 is 1.83 bits per heavy atom. The van der Waals surface area contributed by atoms with Gasteiger partial charge in [0.1, 0.15) is 0 Å². The fraction of sp³-hybridized carbons (Fsp3) is 0.500. The van der Waals surface area contributed by atoms with Crippen LogP contribution in [0.15, 0.2) is 5.16 Å². The van der Waals surface area contributed by atoms with Crippen LogP contribution in [0.25, 0.3) is 0 Å². The van der Waals surface area contributed by atoms with Crippen molar-refractivity contribution in [3.63, 3.8) is 0 Å². The van der Waals surface area contributed by atoms with E-state index in [4.69, 9.17) is 11.6 Å². The van der Waals surface area contributed by atoms with Crippen molar-refractivity contribution in [2.45, 2.75) is 5.69 Å². The molecule has 1 atom stereocenters. The minimum atomic E-state index is -0.634. The second kappa shape index (κ2) is 1.34. The van der Waals surface area contributed by atoms with E-state index < -0.39 is 5.69 Å². The average Bonchev–Trinajstić information content (AvgIpc) is 1.86. The zero-order valence-corrected chi connectivity index (χ0v) is 3.51. The van der Waals surface area contributed by atoms with Crippen molar-refractivity contribution in [1.29, 1.82) is 0 Å². The number of nitrogens with zero attached hydrogens (tertiary/aromatic N) is 2. The van der Waals surface area contributed by atoms with Crippen molar-refractivity contribution in [2.75, 3.05) is 0 Å². The molecule has 4 heteroatoms. The molecule has 0 saturated heterocycles. The van der Waals surface area contributed by atoms with Gasteiger partial charge in [0.2, 0.25) is 6.34 Å². The second-order valence-corrected chi connectivity index (χ2v) is 1.09. The highest BCUT2D eigenvalue weighted by Gasteiger charge is 2.07. The van der Waals surface area contributed by atoms with E-state index in [-0.39, 0.29) is 0 Å². The quantitative estimate of drug-likeness (QED) is 0.314. The van der Waals surface area contributed by atoms with Gasteiger partial charge in [-0.15, -0.1) is 0 Å². The molecule has 0 aromatic carbocycles. The van der Waals surface area contributed by atoms with Gasteiger partial charge in [-0.1, -0.05) is 16.8 Å². The maximum Gasteiger partial charge on any atom is 0.295 e. The van der Waals surface area contributed by atoms with Crippen LogP contribution < -0.4 is 5.32 Å². The number of alkyl halides is 1. The van der Waals surface area contributed by atoms with E-state index in [2.05, 4.69) is 21.6 Å². The zero-order valence-electron chi connectivity index (χ0n) is 2.76. The summed E-state index contributed by atoms with van der Waals surface area (Å²) in [4.78, 5) is 4.27. The Hall–Kier alpha value is -0.440. The summed E-state index contributed by atoms with van der Waals surface area (Å²) in [5.74, 6) is 0. The molecule has 0 fully saturated rings. The molecule has 0 N–H and O–H groups in total. The zero-order chi connectivity index (χ0) is 4.41. The van der Waals surface area contributed by atoms with Crippen LogP contribution in [-0.4, -0.2) is 12.0 Å². The van der Waals surface area contributed by atoms with Crippen molar-refractivity contribution < 1.29 is 4.84 Å². The first-order valence-electron chi connectivity index (χ1n) is 1.34. The minimum absolute atomic E-state index is 0.634. The Balaban J connectivity index is 2.32. The van der Waals surface area contributed by atoms with Crippen molar-refractivity contribution in [2.24, 2.45) is 5.16 Å². The topological polar surface area (TPSA) is 35.7 Å². The van der Waals surface area contributed by atoms with Crippen LogP contribution in [0.2, 0.25) is 0 Å². The molecule has 0 aromatic rings. The van der Waals surface area contributed by atoms with Crippen molar-refractivity contribution in [1.82, 2.24) is 5.32 Å². The van der Waals surface area contributed by atoms with Crippen molar-refractivity contribution in [3.8, 4) is 0 Å². The van der Waals surface area contributed by atoms with Gasteiger partial charge in [0.05, 0.1) is 0 Å². The first-order chi connectivity index (χ1) is 2.89. The Kier molecular flexibility index (Phi) is 0.837. The van der Waals surface area contributed by atoms with Crippen LogP contribution in [0.4, 0.5) is 0 Å². The maximum absolute atomic E-state index is 5.17. The molecule has 0 bridgehead atoms. The van der Waals surface area contributed by atoms with E-state index in [9.17, 15) is 0 Å². The summed E-state index contributed by atoms with van der Waals surface area (Å²) in [7, 11) is 0. The molecule has 1 aliphatic heterocycles. The molecule has 1 aliphatic rings. The van der Waals surface area contributed by atoms with Crippen LogP contribution in [0.1, 0.15) is 0 Å². The molecule has 0 aromatic heterocycles. The molecule has 1 unspecified atom stereocenters. The van der Waals surface area contributed by atoms with E-state index >= 15 is 0 Å². The summed E-state index contributed by atoms with van der Waals surface area (Å²) in [5, 5.41) is 6.48. The predicted molar refractivity (Wildman–Crippen MR) is 20.3 cm³/mol. The Morgan fingerprint density at radius 2 is 2.67 bits per heavy atom. The van der Waals surface area contributed by atoms with Crippen LogP contribution in [-0.2, 0) is 4.84 Å². The predicted octanol–water partition coefficient (Wildman–Crippen LogP) is -0.0363. The molecule has 32 valence electrons. The number of hydrogen-bond donors (Lipinski definition) is 0. The number of rotatable bonds is 0. The van der Waals surface area contributed by atoms with Gasteiger partial charge in [0, 0.05) is 0 Å². The summed E-state index contributed by atoms with van der Waals surface area (Å²) in [6, 6.07) is 0. The van der Waals surface area contributed by atoms with E-state index in [1.54, 1.807) is 0 Å². The van der Waals surface area contributed by atoms with Gasteiger partial charge < -0.3 is 4.84 Å². The third-order valence-corrected chi connectivity index (χ3v) is 0.517. The Bertz CT molecular complexity index is 65.9. The fourth-order valence-electron chi connectivity index (χ4n) is 0.160. The monoisotopic (exact) mass is 104 g/mol. The van der Waals surface area contributed by atoms with Gasteiger partial charge in [0.25, 0.3) is 5.69 Å². The lowest BCUT2D eigenvalue weighted by atomic mass is 11.1. The molecular formula is C2HClN2O. The van der Waals surface area contributed by atoms with Crippen LogP contribution in [0.3, 0.4) is 0 Å². The lowest BCUT2D eigenvalue weighted by Gasteiger charge is -1.89. The summed E-state index contributed by atoms with van der Waals surface area (Å²) in [6.07, 6.45) is 2.17. The molecule has 0 amide bonds. The molecule has 0 spiro atoms. The Labute approximate surface area is 39.9 Å². The highest BCUT2D eigenvalue weighted by Crippen LogP contribution is 1.97. The maximum atomic E-state index is 5.17. The largest absolute Gasteiger partial charge is 0.349 e. The third-order valence-electron chi connectivity index (χ3n) is 0.340. The third kappa shape index (κ3) is 0.542. The van der Waals surface area contributed by atoms with E-state index in [1.165, 1.54) is 0 Å². The SMILES string of the molecule is ClC1[N][C]=NO1. The van der Waals surface area contributed by atoms with Crippen molar-refractivity contribution in [3.05, 3.63) is 0 Å². The van der Waals surface area contributed by atoms with Gasteiger partial charge in [-0.05, 0) is 0 Å². The molecule has 1 rings (SSSR count). The highest BCUT2D eigenvalue weighted by atomic mass is 35.5. The second-order valence-electron chi connectivity index (χ2n) is 0.718. The first-order valence-corrected chi connectivity index (χ1v) is 1.78. The van der Waals surface area contributed by atoms with E-state index in [0.29, 0.717) is 0 Å². The Morgan fingerprint density at radius 3 is 2.83 bits per heavy atom. The molecule has 3 nitrogen and oxygen atoms in total. The molecule has 6 heavy (non-hydrogen) atoms. The van der Waals surface area contributed by atoms with Gasteiger partial charge in [-0.25, -0.2) is 0 Å². The smallest absolute Gasteiger partial charge is 0.295 e. The summed E-state index contributed by atoms with van der Waals surface area (Å²) < 4.78 is 0. The lowest BCUT2D eigenvalue weighted by Crippen LogP contribution is -2.06. The molecule has 0 aliphatic carbocycles. The average molecular weight is 104 g/mol. The van der Waals surface area contributed by atoms with Gasteiger partial charge in [-0.2, -0.15) is 5.32 Å². The summed E-state index contributed by atoms with van der Waals surface area (Å²) in [5.41, 5.74) is -0.634. The van der Waals surface area contributed by atoms with E-state index in [0.717, 1.165) is 0 Å². The van der Waals surface area contributed by atoms with Crippen LogP contribution >= 0.6 is 11.6 Å². The van der Waals surface area contributed by atoms with E-state index in [1.807, 2.05) is 0 Å². The number of hydrogen-bond acceptors (Lipinski definition) is 2. The minimum Gasteiger partial charge on any atom is -0.349 e. The fourth-order valence-corrected chi connectivity index (χ4v) is 0.243. The molecular weight excluding hydrogens is 103 g/mol.